The Hall–Kier alpha value is -3.86. The number of amides is 3. The Bertz CT molecular complexity index is 1090. The summed E-state index contributed by atoms with van der Waals surface area (Å²) in [5, 5.41) is 24.0. The van der Waals surface area contributed by atoms with E-state index < -0.39 is 39.8 Å². The molecule has 0 bridgehead atoms. The summed E-state index contributed by atoms with van der Waals surface area (Å²) in [4.78, 5) is 59.3. The fourth-order valence-corrected chi connectivity index (χ4v) is 3.31. The molecule has 0 radical (unpaired) electrons. The number of rotatable bonds is 6. The van der Waals surface area contributed by atoms with E-state index in [1.54, 1.807) is 0 Å². The Morgan fingerprint density at radius 2 is 1.71 bits per heavy atom. The van der Waals surface area contributed by atoms with Gasteiger partial charge in [0.25, 0.3) is 17.3 Å². The summed E-state index contributed by atoms with van der Waals surface area (Å²) in [5.74, 6) is -2.19. The van der Waals surface area contributed by atoms with Crippen molar-refractivity contribution in [2.24, 2.45) is 0 Å². The molecule has 2 aromatic carbocycles. The lowest BCUT2D eigenvalue weighted by atomic mass is 10.1. The molecular weight excluding hydrogens is 432 g/mol. The van der Waals surface area contributed by atoms with Gasteiger partial charge in [-0.05, 0) is 24.6 Å². The zero-order valence-electron chi connectivity index (χ0n) is 15.9. The highest BCUT2D eigenvalue weighted by Crippen LogP contribution is 2.27. The Labute approximate surface area is 180 Å². The maximum absolute atomic E-state index is 13.2. The summed E-state index contributed by atoms with van der Waals surface area (Å²) in [7, 11) is 0. The molecule has 1 aliphatic rings. The van der Waals surface area contributed by atoms with Crippen LogP contribution in [-0.4, -0.2) is 37.6 Å². The molecule has 0 saturated carbocycles. The first-order valence-electron chi connectivity index (χ1n) is 9.04. The largest absolute Gasteiger partial charge is 0.275 e. The lowest BCUT2D eigenvalue weighted by Crippen LogP contribution is -2.54. The molecule has 31 heavy (non-hydrogen) atoms. The molecule has 0 N–H and O–H groups in total. The van der Waals surface area contributed by atoms with Crippen molar-refractivity contribution in [2.75, 3.05) is 0 Å². The van der Waals surface area contributed by atoms with Crippen LogP contribution in [0.2, 0.25) is 5.02 Å². The van der Waals surface area contributed by atoms with Crippen LogP contribution in [0.4, 0.5) is 11.4 Å². The van der Waals surface area contributed by atoms with Gasteiger partial charge in [-0.25, -0.2) is 5.01 Å². The predicted molar refractivity (Wildman–Crippen MR) is 107 cm³/mol. The molecule has 11 nitrogen and oxygen atoms in total. The average Bonchev–Trinajstić information content (AvgIpc) is 2.73. The number of hydrogen-bond acceptors (Lipinski definition) is 7. The molecule has 3 amide bonds. The van der Waals surface area contributed by atoms with Crippen LogP contribution in [0.3, 0.4) is 0 Å². The van der Waals surface area contributed by atoms with E-state index in [1.807, 2.05) is 0 Å². The number of benzene rings is 2. The van der Waals surface area contributed by atoms with Gasteiger partial charge in [0.15, 0.2) is 0 Å². The molecule has 160 valence electrons. The highest BCUT2D eigenvalue weighted by molar-refractivity contribution is 6.30. The molecule has 12 heteroatoms. The van der Waals surface area contributed by atoms with Crippen molar-refractivity contribution in [2.45, 2.75) is 25.8 Å². The molecule has 2 aromatic rings. The molecular formula is C19H15ClN4O7. The second-order valence-electron chi connectivity index (χ2n) is 6.65. The minimum absolute atomic E-state index is 0.00711. The van der Waals surface area contributed by atoms with Gasteiger partial charge in [-0.3, -0.25) is 34.6 Å². The Morgan fingerprint density at radius 1 is 1.03 bits per heavy atom. The van der Waals surface area contributed by atoms with Crippen LogP contribution in [-0.2, 0) is 16.1 Å². The van der Waals surface area contributed by atoms with Gasteiger partial charge in [0.2, 0.25) is 11.8 Å². The monoisotopic (exact) mass is 446 g/mol. The first-order chi connectivity index (χ1) is 14.7. The van der Waals surface area contributed by atoms with Gasteiger partial charge in [-0.2, -0.15) is 5.01 Å². The normalized spacial score (nSPS) is 13.8. The number of halogens is 1. The van der Waals surface area contributed by atoms with Gasteiger partial charge in [0, 0.05) is 41.6 Å². The van der Waals surface area contributed by atoms with E-state index in [1.165, 1.54) is 30.3 Å². The van der Waals surface area contributed by atoms with E-state index in [0.29, 0.717) is 11.4 Å². The van der Waals surface area contributed by atoms with Gasteiger partial charge >= 0.3 is 0 Å². The number of nitro groups is 2. The van der Waals surface area contributed by atoms with Crippen molar-refractivity contribution in [1.82, 2.24) is 10.0 Å². The van der Waals surface area contributed by atoms with Crippen LogP contribution >= 0.6 is 11.6 Å². The van der Waals surface area contributed by atoms with Crippen molar-refractivity contribution in [1.29, 1.82) is 0 Å². The van der Waals surface area contributed by atoms with Crippen molar-refractivity contribution in [3.8, 4) is 0 Å². The van der Waals surface area contributed by atoms with Crippen LogP contribution in [0.1, 0.15) is 35.2 Å². The molecule has 1 saturated heterocycles. The lowest BCUT2D eigenvalue weighted by Gasteiger charge is -2.35. The van der Waals surface area contributed by atoms with Crippen molar-refractivity contribution in [3.05, 3.63) is 78.8 Å². The smallest absolute Gasteiger partial charge is 0.273 e. The summed E-state index contributed by atoms with van der Waals surface area (Å²) in [5.41, 5.74) is -0.892. The fourth-order valence-electron chi connectivity index (χ4n) is 3.15. The van der Waals surface area contributed by atoms with Crippen LogP contribution in [0.25, 0.3) is 0 Å². The summed E-state index contributed by atoms with van der Waals surface area (Å²) in [6, 6.07) is 8.54. The third kappa shape index (κ3) is 4.67. The number of hydrazine groups is 1. The fraction of sp³-hybridized carbons (Fsp3) is 0.211. The number of hydrogen-bond donors (Lipinski definition) is 0. The predicted octanol–water partition coefficient (Wildman–Crippen LogP) is 3.25. The third-order valence-corrected chi connectivity index (χ3v) is 4.83. The second kappa shape index (κ2) is 8.88. The number of nitrogens with zero attached hydrogens (tertiary/aromatic N) is 4. The van der Waals surface area contributed by atoms with E-state index >= 15 is 0 Å². The molecule has 0 atom stereocenters. The molecule has 0 spiro atoms. The van der Waals surface area contributed by atoms with E-state index in [0.717, 1.165) is 17.1 Å². The minimum Gasteiger partial charge on any atom is -0.273 e. The number of piperidine rings is 1. The molecule has 0 aromatic heterocycles. The number of carbonyl (C=O) groups is 3. The number of nitro benzene ring substituents is 2. The number of carbonyl (C=O) groups excluding carboxylic acids is 3. The van der Waals surface area contributed by atoms with Gasteiger partial charge in [-0.15, -0.1) is 0 Å². The van der Waals surface area contributed by atoms with Crippen molar-refractivity contribution < 1.29 is 24.2 Å². The maximum Gasteiger partial charge on any atom is 0.275 e. The molecule has 1 fully saturated rings. The Balaban J connectivity index is 2.08. The van der Waals surface area contributed by atoms with E-state index in [9.17, 15) is 34.6 Å². The van der Waals surface area contributed by atoms with Crippen LogP contribution in [0.15, 0.2) is 42.5 Å². The lowest BCUT2D eigenvalue weighted by molar-refractivity contribution is -0.385. The van der Waals surface area contributed by atoms with E-state index in [-0.39, 0.29) is 34.7 Å². The topological polar surface area (TPSA) is 144 Å². The highest BCUT2D eigenvalue weighted by atomic mass is 35.5. The zero-order valence-corrected chi connectivity index (χ0v) is 16.7. The third-order valence-electron chi connectivity index (χ3n) is 4.60. The van der Waals surface area contributed by atoms with Crippen LogP contribution < -0.4 is 0 Å². The summed E-state index contributed by atoms with van der Waals surface area (Å²) < 4.78 is 0. The van der Waals surface area contributed by atoms with E-state index in [2.05, 4.69) is 0 Å². The number of imide groups is 1. The molecule has 1 heterocycles. The van der Waals surface area contributed by atoms with Crippen LogP contribution in [0, 0.1) is 20.2 Å². The SMILES string of the molecule is O=C(c1cccc([N+](=O)[O-])c1)N(Cc1ccc(Cl)cc1[N+](=O)[O-])N1C(=O)CCCC1=O. The molecule has 3 rings (SSSR count). The molecule has 1 aliphatic heterocycles. The standard InChI is InChI=1S/C19H15ClN4O7/c20-14-8-7-13(16(10-14)24(30)31)11-21(22-17(25)5-2-6-18(22)26)19(27)12-3-1-4-15(9-12)23(28)29/h1,3-4,7-10H,2,5-6,11H2. The van der Waals surface area contributed by atoms with Gasteiger partial charge in [0.05, 0.1) is 22.0 Å². The van der Waals surface area contributed by atoms with Gasteiger partial charge in [-0.1, -0.05) is 17.7 Å². The minimum atomic E-state index is -0.892. The second-order valence-corrected chi connectivity index (χ2v) is 7.09. The summed E-state index contributed by atoms with van der Waals surface area (Å²) in [6.07, 6.45) is 0.328. The first-order valence-corrected chi connectivity index (χ1v) is 9.41. The van der Waals surface area contributed by atoms with Crippen LogP contribution in [0.5, 0.6) is 0 Å². The average molecular weight is 447 g/mol. The van der Waals surface area contributed by atoms with Crippen molar-refractivity contribution >= 4 is 40.7 Å². The quantitative estimate of drug-likeness (QED) is 0.376. The number of non-ortho nitro benzene ring substituents is 1. The first kappa shape index (κ1) is 21.8. The highest BCUT2D eigenvalue weighted by Gasteiger charge is 2.36. The summed E-state index contributed by atoms with van der Waals surface area (Å²) >= 11 is 5.83. The Morgan fingerprint density at radius 3 is 2.32 bits per heavy atom. The van der Waals surface area contributed by atoms with E-state index in [4.69, 9.17) is 11.6 Å². The van der Waals surface area contributed by atoms with Crippen molar-refractivity contribution in [3.63, 3.8) is 0 Å². The van der Waals surface area contributed by atoms with Gasteiger partial charge in [0.1, 0.15) is 0 Å². The maximum atomic E-state index is 13.2. The summed E-state index contributed by atoms with van der Waals surface area (Å²) in [6.45, 7) is -0.494. The van der Waals surface area contributed by atoms with Gasteiger partial charge < -0.3 is 0 Å². The zero-order chi connectivity index (χ0) is 22.7. The Kier molecular flexibility index (Phi) is 6.25. The molecule has 0 aliphatic carbocycles. The molecule has 0 unspecified atom stereocenters.